The molecule has 1 fully saturated rings. The quantitative estimate of drug-likeness (QED) is 0.661. The molecule has 2 aliphatic heterocycles. The number of benzene rings is 2. The molecule has 2 aromatic carbocycles. The predicted octanol–water partition coefficient (Wildman–Crippen LogP) is 2.38. The number of hydrogen-bond acceptors (Lipinski definition) is 5. The molecule has 1 unspecified atom stereocenters. The minimum atomic E-state index is -3.73. The summed E-state index contributed by atoms with van der Waals surface area (Å²) >= 11 is 0. The molecule has 1 amide bonds. The van der Waals surface area contributed by atoms with E-state index in [4.69, 9.17) is 5.11 Å². The Kier molecular flexibility index (Phi) is 6.21. The fourth-order valence-corrected chi connectivity index (χ4v) is 5.37. The smallest absolute Gasteiger partial charge is 0.308 e. The van der Waals surface area contributed by atoms with E-state index in [0.717, 1.165) is 31.5 Å². The minimum absolute atomic E-state index is 0.0479. The third-order valence-corrected chi connectivity index (χ3v) is 7.56. The zero-order chi connectivity index (χ0) is 22.9. The molecule has 1 saturated heterocycles. The van der Waals surface area contributed by atoms with Gasteiger partial charge >= 0.3 is 5.97 Å². The molecule has 0 aliphatic carbocycles. The van der Waals surface area contributed by atoms with Crippen LogP contribution in [-0.4, -0.2) is 45.0 Å². The van der Waals surface area contributed by atoms with E-state index >= 15 is 0 Å². The van der Waals surface area contributed by atoms with E-state index in [1.54, 1.807) is 0 Å². The van der Waals surface area contributed by atoms with Crippen LogP contribution in [0, 0.1) is 5.92 Å². The highest BCUT2D eigenvalue weighted by Gasteiger charge is 2.35. The molecule has 0 aromatic heterocycles. The van der Waals surface area contributed by atoms with Gasteiger partial charge in [-0.3, -0.25) is 9.59 Å². The van der Waals surface area contributed by atoms with Crippen LogP contribution in [0.2, 0.25) is 0 Å². The number of sulfonamides is 1. The van der Waals surface area contributed by atoms with Crippen LogP contribution in [0.1, 0.15) is 30.9 Å². The molecular weight excluding hydrogens is 430 g/mol. The first kappa shape index (κ1) is 22.3. The minimum Gasteiger partial charge on any atom is -0.481 e. The summed E-state index contributed by atoms with van der Waals surface area (Å²) in [6, 6.07) is 12.0. The van der Waals surface area contributed by atoms with E-state index in [1.807, 2.05) is 6.07 Å². The molecule has 32 heavy (non-hydrogen) atoms. The van der Waals surface area contributed by atoms with E-state index in [2.05, 4.69) is 28.7 Å². The van der Waals surface area contributed by atoms with Gasteiger partial charge in [-0.15, -0.1) is 0 Å². The van der Waals surface area contributed by atoms with E-state index in [1.165, 1.54) is 40.4 Å². The van der Waals surface area contributed by atoms with E-state index in [0.29, 0.717) is 5.69 Å². The van der Waals surface area contributed by atoms with Crippen molar-refractivity contribution in [2.75, 3.05) is 29.4 Å². The van der Waals surface area contributed by atoms with Crippen molar-refractivity contribution in [1.82, 2.24) is 4.72 Å². The highest BCUT2D eigenvalue weighted by Crippen LogP contribution is 2.28. The van der Waals surface area contributed by atoms with Gasteiger partial charge in [-0.25, -0.2) is 13.1 Å². The standard InChI is InChI=1S/C23H27N3O5S/c1-2-25-11-3-4-17-12-16(5-10-21(17)25)14-24-32(30,31)20-8-6-19(7-9-20)26-15-18(23(28)29)13-22(26)27/h5-10,12,18,24H,2-4,11,13-15H2,1H3,(H,28,29). The molecule has 0 radical (unpaired) electrons. The Morgan fingerprint density at radius 2 is 1.94 bits per heavy atom. The summed E-state index contributed by atoms with van der Waals surface area (Å²) < 4.78 is 28.2. The molecule has 8 nitrogen and oxygen atoms in total. The topological polar surface area (TPSA) is 107 Å². The third-order valence-electron chi connectivity index (χ3n) is 6.14. The van der Waals surface area contributed by atoms with Crippen LogP contribution in [0.15, 0.2) is 47.4 Å². The number of anilines is 2. The summed E-state index contributed by atoms with van der Waals surface area (Å²) in [4.78, 5) is 27.1. The molecule has 9 heteroatoms. The average molecular weight is 458 g/mol. The van der Waals surface area contributed by atoms with E-state index in [9.17, 15) is 18.0 Å². The second-order valence-corrected chi connectivity index (χ2v) is 9.98. The molecule has 2 aliphatic rings. The number of carbonyl (C=O) groups is 2. The first-order valence-corrected chi connectivity index (χ1v) is 12.3. The van der Waals surface area contributed by atoms with E-state index < -0.39 is 21.9 Å². The first-order chi connectivity index (χ1) is 15.3. The molecule has 1 atom stereocenters. The number of rotatable bonds is 7. The number of fused-ring (bicyclic) bond motifs is 1. The van der Waals surface area contributed by atoms with Crippen LogP contribution in [0.5, 0.6) is 0 Å². The van der Waals surface area contributed by atoms with Gasteiger partial charge in [0, 0.05) is 44.0 Å². The lowest BCUT2D eigenvalue weighted by Gasteiger charge is -2.30. The molecule has 0 saturated carbocycles. The largest absolute Gasteiger partial charge is 0.481 e. The number of carboxylic acid groups (broad SMARTS) is 1. The zero-order valence-electron chi connectivity index (χ0n) is 18.0. The molecule has 2 heterocycles. The van der Waals surface area contributed by atoms with E-state index in [-0.39, 0.29) is 30.3 Å². The van der Waals surface area contributed by atoms with Gasteiger partial charge in [0.25, 0.3) is 0 Å². The predicted molar refractivity (Wildman–Crippen MR) is 121 cm³/mol. The summed E-state index contributed by atoms with van der Waals surface area (Å²) in [6.07, 6.45) is 2.04. The number of nitrogens with zero attached hydrogens (tertiary/aromatic N) is 2. The Hall–Kier alpha value is -2.91. The average Bonchev–Trinajstić information content (AvgIpc) is 3.19. The van der Waals surface area contributed by atoms with Gasteiger partial charge in [-0.1, -0.05) is 12.1 Å². The highest BCUT2D eigenvalue weighted by atomic mass is 32.2. The van der Waals surface area contributed by atoms with Crippen molar-refractivity contribution in [2.45, 2.75) is 37.6 Å². The van der Waals surface area contributed by atoms with Crippen LogP contribution in [-0.2, 0) is 32.6 Å². The summed E-state index contributed by atoms with van der Waals surface area (Å²) in [5.74, 6) is -2.03. The second kappa shape index (κ2) is 8.91. The lowest BCUT2D eigenvalue weighted by atomic mass is 9.99. The lowest BCUT2D eigenvalue weighted by molar-refractivity contribution is -0.141. The van der Waals surface area contributed by atoms with Crippen LogP contribution in [0.4, 0.5) is 11.4 Å². The maximum atomic E-state index is 12.8. The Bertz CT molecular complexity index is 1130. The van der Waals surface area contributed by atoms with Gasteiger partial charge in [-0.05, 0) is 61.2 Å². The van der Waals surface area contributed by atoms with Gasteiger partial charge in [0.1, 0.15) is 0 Å². The summed E-state index contributed by atoms with van der Waals surface area (Å²) in [6.45, 7) is 4.41. The number of carbonyl (C=O) groups excluding carboxylic acids is 1. The monoisotopic (exact) mass is 457 g/mol. The Morgan fingerprint density at radius 3 is 2.59 bits per heavy atom. The molecule has 0 spiro atoms. The number of nitrogens with one attached hydrogen (secondary N) is 1. The number of hydrogen-bond donors (Lipinski definition) is 2. The Balaban J connectivity index is 1.43. The maximum absolute atomic E-state index is 12.8. The molecular formula is C23H27N3O5S. The molecule has 2 aromatic rings. The van der Waals surface area contributed by atoms with Crippen molar-refractivity contribution < 1.29 is 23.1 Å². The third kappa shape index (κ3) is 4.49. The Morgan fingerprint density at radius 1 is 1.19 bits per heavy atom. The van der Waals surface area contributed by atoms with Gasteiger partial charge in [-0.2, -0.15) is 0 Å². The zero-order valence-corrected chi connectivity index (χ0v) is 18.8. The first-order valence-electron chi connectivity index (χ1n) is 10.8. The number of aryl methyl sites for hydroxylation is 1. The normalized spacial score (nSPS) is 18.7. The van der Waals surface area contributed by atoms with Gasteiger partial charge in [0.2, 0.25) is 15.9 Å². The number of carboxylic acids is 1. The SMILES string of the molecule is CCN1CCCc2cc(CNS(=O)(=O)c3ccc(N4CC(C(=O)O)CC4=O)cc3)ccc21. The summed E-state index contributed by atoms with van der Waals surface area (Å²) in [5, 5.41) is 9.12. The van der Waals surface area contributed by atoms with Crippen molar-refractivity contribution in [3.8, 4) is 0 Å². The van der Waals surface area contributed by atoms with Crippen molar-refractivity contribution in [3.05, 3.63) is 53.6 Å². The van der Waals surface area contributed by atoms with Crippen LogP contribution in [0.3, 0.4) is 0 Å². The number of amides is 1. The number of aliphatic carboxylic acids is 1. The van der Waals surface area contributed by atoms with Gasteiger partial charge in [0.15, 0.2) is 0 Å². The molecule has 0 bridgehead atoms. The Labute approximate surface area is 187 Å². The van der Waals surface area contributed by atoms with Crippen LogP contribution >= 0.6 is 0 Å². The summed E-state index contributed by atoms with van der Waals surface area (Å²) in [7, 11) is -3.73. The fraction of sp³-hybridized carbons (Fsp3) is 0.391. The molecule has 2 N–H and O–H groups in total. The van der Waals surface area contributed by atoms with Crippen molar-refractivity contribution in [2.24, 2.45) is 5.92 Å². The maximum Gasteiger partial charge on any atom is 0.308 e. The lowest BCUT2D eigenvalue weighted by Crippen LogP contribution is -2.29. The molecule has 4 rings (SSSR count). The molecule has 170 valence electrons. The summed E-state index contributed by atoms with van der Waals surface area (Å²) in [5.41, 5.74) is 3.87. The van der Waals surface area contributed by atoms with Crippen molar-refractivity contribution in [1.29, 1.82) is 0 Å². The second-order valence-electron chi connectivity index (χ2n) is 8.21. The fourth-order valence-electron chi connectivity index (χ4n) is 4.36. The van der Waals surface area contributed by atoms with Gasteiger partial charge in [0.05, 0.1) is 10.8 Å². The van der Waals surface area contributed by atoms with Crippen molar-refractivity contribution in [3.63, 3.8) is 0 Å². The van der Waals surface area contributed by atoms with Crippen LogP contribution in [0.25, 0.3) is 0 Å². The van der Waals surface area contributed by atoms with Crippen LogP contribution < -0.4 is 14.5 Å². The van der Waals surface area contributed by atoms with Gasteiger partial charge < -0.3 is 14.9 Å². The highest BCUT2D eigenvalue weighted by molar-refractivity contribution is 7.89. The van der Waals surface area contributed by atoms with Crippen molar-refractivity contribution >= 4 is 33.3 Å².